The van der Waals surface area contributed by atoms with E-state index in [1.54, 1.807) is 16.2 Å². The van der Waals surface area contributed by atoms with Gasteiger partial charge in [-0.05, 0) is 36.1 Å². The molecular weight excluding hydrogens is 350 g/mol. The Labute approximate surface area is 154 Å². The van der Waals surface area contributed by atoms with Gasteiger partial charge in [0, 0.05) is 24.5 Å². The Morgan fingerprint density at radius 2 is 2.15 bits per heavy atom. The van der Waals surface area contributed by atoms with Gasteiger partial charge in [-0.1, -0.05) is 19.4 Å². The first-order chi connectivity index (χ1) is 12.5. The molecule has 2 aromatic heterocycles. The molecule has 0 aliphatic carbocycles. The van der Waals surface area contributed by atoms with Gasteiger partial charge in [-0.15, -0.1) is 11.3 Å². The molecule has 26 heavy (non-hydrogen) atoms. The first-order valence-corrected chi connectivity index (χ1v) is 9.52. The molecule has 1 aliphatic heterocycles. The zero-order valence-corrected chi connectivity index (χ0v) is 15.5. The lowest BCUT2D eigenvalue weighted by Gasteiger charge is -2.14. The summed E-state index contributed by atoms with van der Waals surface area (Å²) in [7, 11) is 0. The van der Waals surface area contributed by atoms with E-state index in [1.807, 2.05) is 24.4 Å². The fourth-order valence-corrected chi connectivity index (χ4v) is 4.54. The van der Waals surface area contributed by atoms with Crippen molar-refractivity contribution in [2.75, 3.05) is 11.4 Å². The van der Waals surface area contributed by atoms with Gasteiger partial charge in [-0.3, -0.25) is 9.20 Å². The number of carbonyl (C=O) groups is 2. The lowest BCUT2D eigenvalue weighted by Crippen LogP contribution is -2.25. The maximum atomic E-state index is 11.9. The number of aromatic carboxylic acids is 1. The van der Waals surface area contributed by atoms with Gasteiger partial charge in [0.15, 0.2) is 10.7 Å². The van der Waals surface area contributed by atoms with E-state index < -0.39 is 5.97 Å². The number of aryl methyl sites for hydroxylation is 1. The van der Waals surface area contributed by atoms with Crippen molar-refractivity contribution in [3.63, 3.8) is 0 Å². The van der Waals surface area contributed by atoms with Crippen molar-refractivity contribution in [3.8, 4) is 11.3 Å². The van der Waals surface area contributed by atoms with Crippen molar-refractivity contribution in [3.05, 3.63) is 40.5 Å². The molecule has 6 nitrogen and oxygen atoms in total. The molecule has 134 valence electrons. The number of nitrogens with zero attached hydrogens (tertiary/aromatic N) is 3. The summed E-state index contributed by atoms with van der Waals surface area (Å²) in [5.74, 6) is -0.911. The number of anilines is 1. The van der Waals surface area contributed by atoms with Crippen LogP contribution in [0.3, 0.4) is 0 Å². The van der Waals surface area contributed by atoms with E-state index in [9.17, 15) is 14.7 Å². The lowest BCUT2D eigenvalue weighted by molar-refractivity contribution is -0.116. The van der Waals surface area contributed by atoms with Gasteiger partial charge in [0.25, 0.3) is 0 Å². The highest BCUT2D eigenvalue weighted by atomic mass is 32.1. The maximum absolute atomic E-state index is 11.9. The predicted octanol–water partition coefficient (Wildman–Crippen LogP) is 3.62. The Morgan fingerprint density at radius 1 is 1.35 bits per heavy atom. The van der Waals surface area contributed by atoms with Crippen LogP contribution in [0.25, 0.3) is 16.2 Å². The van der Waals surface area contributed by atoms with E-state index >= 15 is 0 Å². The molecule has 0 bridgehead atoms. The normalized spacial score (nSPS) is 13.4. The van der Waals surface area contributed by atoms with Crippen molar-refractivity contribution in [1.29, 1.82) is 0 Å². The van der Waals surface area contributed by atoms with Gasteiger partial charge < -0.3 is 10.0 Å². The zero-order valence-electron chi connectivity index (χ0n) is 14.7. The highest BCUT2D eigenvalue weighted by molar-refractivity contribution is 7.15. The molecule has 1 N–H and O–H groups in total. The lowest BCUT2D eigenvalue weighted by atomic mass is 10.1. The highest BCUT2D eigenvalue weighted by Gasteiger charge is 2.25. The van der Waals surface area contributed by atoms with E-state index in [-0.39, 0.29) is 11.6 Å². The van der Waals surface area contributed by atoms with Crippen molar-refractivity contribution in [2.24, 2.45) is 0 Å². The molecule has 1 amide bonds. The number of hydrogen-bond donors (Lipinski definition) is 1. The van der Waals surface area contributed by atoms with E-state index in [0.717, 1.165) is 35.3 Å². The van der Waals surface area contributed by atoms with E-state index in [4.69, 9.17) is 0 Å². The Balaban J connectivity index is 1.85. The number of carbonyl (C=O) groups excluding carboxylic acids is 1. The monoisotopic (exact) mass is 369 g/mol. The van der Waals surface area contributed by atoms with Crippen LogP contribution in [0, 0.1) is 0 Å². The minimum Gasteiger partial charge on any atom is -0.477 e. The van der Waals surface area contributed by atoms with Gasteiger partial charge in [-0.2, -0.15) is 0 Å². The molecule has 0 spiro atoms. The van der Waals surface area contributed by atoms with Crippen LogP contribution in [0.5, 0.6) is 0 Å². The molecule has 0 unspecified atom stereocenters. The third kappa shape index (κ3) is 2.50. The average Bonchev–Trinajstić information content (AvgIpc) is 3.26. The smallest absolute Gasteiger partial charge is 0.354 e. The largest absolute Gasteiger partial charge is 0.477 e. The Morgan fingerprint density at radius 3 is 2.85 bits per heavy atom. The number of hydrogen-bond acceptors (Lipinski definition) is 4. The second-order valence-electron chi connectivity index (χ2n) is 6.47. The molecule has 1 aliphatic rings. The topological polar surface area (TPSA) is 74.9 Å². The Kier molecular flexibility index (Phi) is 4.03. The zero-order chi connectivity index (χ0) is 18.4. The first-order valence-electron chi connectivity index (χ1n) is 8.64. The minimum absolute atomic E-state index is 0.0430. The molecule has 3 heterocycles. The van der Waals surface area contributed by atoms with Crippen LogP contribution in [-0.4, -0.2) is 32.9 Å². The second kappa shape index (κ2) is 6.25. The molecule has 7 heteroatoms. The molecule has 0 radical (unpaired) electrons. The molecule has 0 saturated carbocycles. The van der Waals surface area contributed by atoms with Crippen LogP contribution in [0.4, 0.5) is 5.69 Å². The van der Waals surface area contributed by atoms with Crippen molar-refractivity contribution >= 4 is 33.9 Å². The summed E-state index contributed by atoms with van der Waals surface area (Å²) in [5.41, 5.74) is 4.73. The molecule has 3 aromatic rings. The number of benzene rings is 1. The molecular formula is C19H19N3O3S. The van der Waals surface area contributed by atoms with Crippen LogP contribution < -0.4 is 4.90 Å². The second-order valence-corrected chi connectivity index (χ2v) is 7.30. The van der Waals surface area contributed by atoms with Crippen LogP contribution in [0.1, 0.15) is 42.0 Å². The number of aromatic nitrogens is 2. The van der Waals surface area contributed by atoms with Crippen LogP contribution >= 0.6 is 11.3 Å². The van der Waals surface area contributed by atoms with Gasteiger partial charge >= 0.3 is 5.97 Å². The fraction of sp³-hybridized carbons (Fsp3) is 0.316. The van der Waals surface area contributed by atoms with Crippen LogP contribution in [0.15, 0.2) is 23.6 Å². The van der Waals surface area contributed by atoms with E-state index in [0.29, 0.717) is 23.6 Å². The summed E-state index contributed by atoms with van der Waals surface area (Å²) >= 11 is 1.45. The number of fused-ring (bicyclic) bond motifs is 2. The quantitative estimate of drug-likeness (QED) is 0.762. The number of rotatable bonds is 4. The molecule has 4 rings (SSSR count). The standard InChI is InChI=1S/C19H19N3O3S/c1-3-4-14-17(18(24)25)22-16(10-26-19(22)20-14)12-5-6-15-13(9-12)7-8-21(15)11(2)23/h5-6,9-10H,3-4,7-8H2,1-2H3,(H,24,25). The third-order valence-electron chi connectivity index (χ3n) is 4.78. The summed E-state index contributed by atoms with van der Waals surface area (Å²) in [6.07, 6.45) is 2.31. The summed E-state index contributed by atoms with van der Waals surface area (Å²) in [4.78, 5) is 30.6. The van der Waals surface area contributed by atoms with Gasteiger partial charge in [-0.25, -0.2) is 9.78 Å². The van der Waals surface area contributed by atoms with E-state index in [1.165, 1.54) is 11.3 Å². The van der Waals surface area contributed by atoms with Crippen LogP contribution in [-0.2, 0) is 17.6 Å². The summed E-state index contributed by atoms with van der Waals surface area (Å²) in [6.45, 7) is 4.28. The fourth-order valence-electron chi connectivity index (χ4n) is 3.62. The number of carboxylic acid groups (broad SMARTS) is 1. The number of thiazole rings is 1. The van der Waals surface area contributed by atoms with Crippen molar-refractivity contribution in [2.45, 2.75) is 33.1 Å². The van der Waals surface area contributed by atoms with Gasteiger partial charge in [0.1, 0.15) is 0 Å². The van der Waals surface area contributed by atoms with Gasteiger partial charge in [0.2, 0.25) is 5.91 Å². The predicted molar refractivity (Wildman–Crippen MR) is 101 cm³/mol. The van der Waals surface area contributed by atoms with Gasteiger partial charge in [0.05, 0.1) is 11.4 Å². The first kappa shape index (κ1) is 16.8. The highest BCUT2D eigenvalue weighted by Crippen LogP contribution is 2.35. The minimum atomic E-state index is -0.954. The molecule has 0 saturated heterocycles. The van der Waals surface area contributed by atoms with Crippen molar-refractivity contribution in [1.82, 2.24) is 9.38 Å². The van der Waals surface area contributed by atoms with Crippen LogP contribution in [0.2, 0.25) is 0 Å². The SMILES string of the molecule is CCCc1nc2scc(-c3ccc4c(c3)CCN4C(C)=O)n2c1C(=O)O. The molecule has 0 fully saturated rings. The summed E-state index contributed by atoms with van der Waals surface area (Å²) in [6, 6.07) is 5.96. The van der Waals surface area contributed by atoms with Crippen molar-refractivity contribution < 1.29 is 14.7 Å². The molecule has 0 atom stereocenters. The number of imidazole rings is 1. The Bertz CT molecular complexity index is 1030. The Hall–Kier alpha value is -2.67. The summed E-state index contributed by atoms with van der Waals surface area (Å²) in [5, 5.41) is 11.7. The number of amides is 1. The summed E-state index contributed by atoms with van der Waals surface area (Å²) < 4.78 is 1.75. The average molecular weight is 369 g/mol. The number of carboxylic acids is 1. The van der Waals surface area contributed by atoms with E-state index in [2.05, 4.69) is 11.1 Å². The maximum Gasteiger partial charge on any atom is 0.354 e. The molecule has 1 aromatic carbocycles. The third-order valence-corrected chi connectivity index (χ3v) is 5.60.